The summed E-state index contributed by atoms with van der Waals surface area (Å²) < 4.78 is 0. The molecule has 2 aliphatic rings. The zero-order chi connectivity index (χ0) is 11.4. The largest absolute Gasteiger partial charge is 0.311 e. The second kappa shape index (κ2) is 6.02. The zero-order valence-corrected chi connectivity index (χ0v) is 11.0. The van der Waals surface area contributed by atoms with Crippen molar-refractivity contribution in [3.05, 3.63) is 0 Å². The molecule has 2 fully saturated rings. The molecule has 1 N–H and O–H groups in total. The third-order valence-corrected chi connectivity index (χ3v) is 4.42. The monoisotopic (exact) mass is 224 g/mol. The first-order valence-electron chi connectivity index (χ1n) is 7.33. The van der Waals surface area contributed by atoms with E-state index < -0.39 is 0 Å². The summed E-state index contributed by atoms with van der Waals surface area (Å²) in [5, 5.41) is 3.74. The van der Waals surface area contributed by atoms with E-state index in [0.717, 1.165) is 18.1 Å². The summed E-state index contributed by atoms with van der Waals surface area (Å²) in [6, 6.07) is 2.55. The van der Waals surface area contributed by atoms with Gasteiger partial charge in [-0.25, -0.2) is 0 Å². The molecule has 2 aliphatic heterocycles. The minimum absolute atomic E-state index is 0.837. The van der Waals surface area contributed by atoms with Crippen LogP contribution in [0.4, 0.5) is 0 Å². The van der Waals surface area contributed by atoms with Gasteiger partial charge in [-0.3, -0.25) is 0 Å². The molecule has 0 amide bonds. The molecule has 2 nitrogen and oxygen atoms in total. The highest BCUT2D eigenvalue weighted by Gasteiger charge is 2.35. The third-order valence-electron chi connectivity index (χ3n) is 4.42. The minimum atomic E-state index is 0.837. The Morgan fingerprint density at radius 1 is 1.06 bits per heavy atom. The molecule has 2 saturated heterocycles. The van der Waals surface area contributed by atoms with Crippen molar-refractivity contribution in [1.29, 1.82) is 0 Å². The lowest BCUT2D eigenvalue weighted by Crippen LogP contribution is -2.48. The molecule has 0 aromatic carbocycles. The topological polar surface area (TPSA) is 15.3 Å². The van der Waals surface area contributed by atoms with Crippen molar-refractivity contribution in [2.24, 2.45) is 0 Å². The Morgan fingerprint density at radius 2 is 1.75 bits per heavy atom. The van der Waals surface area contributed by atoms with Gasteiger partial charge in [-0.05, 0) is 45.2 Å². The lowest BCUT2D eigenvalue weighted by Gasteiger charge is -2.37. The van der Waals surface area contributed by atoms with Gasteiger partial charge >= 0.3 is 0 Å². The molecule has 2 heteroatoms. The van der Waals surface area contributed by atoms with E-state index >= 15 is 0 Å². The van der Waals surface area contributed by atoms with Gasteiger partial charge in [-0.15, -0.1) is 0 Å². The molecule has 0 saturated carbocycles. The van der Waals surface area contributed by atoms with Crippen LogP contribution in [-0.2, 0) is 0 Å². The molecule has 94 valence electrons. The van der Waals surface area contributed by atoms with Crippen molar-refractivity contribution in [3.8, 4) is 0 Å². The molecule has 2 bridgehead atoms. The average Bonchev–Trinajstić information content (AvgIpc) is 2.64. The lowest BCUT2D eigenvalue weighted by atomic mass is 9.98. The van der Waals surface area contributed by atoms with Crippen LogP contribution in [0.3, 0.4) is 0 Å². The van der Waals surface area contributed by atoms with Crippen LogP contribution in [0, 0.1) is 0 Å². The maximum Gasteiger partial charge on any atom is 0.0125 e. The molecule has 2 heterocycles. The van der Waals surface area contributed by atoms with Crippen LogP contribution in [0.5, 0.6) is 0 Å². The highest BCUT2D eigenvalue weighted by Crippen LogP contribution is 2.29. The highest BCUT2D eigenvalue weighted by atomic mass is 15.2. The number of hydrogen-bond donors (Lipinski definition) is 1. The van der Waals surface area contributed by atoms with Gasteiger partial charge < -0.3 is 10.2 Å². The zero-order valence-electron chi connectivity index (χ0n) is 11.0. The molecule has 0 aromatic rings. The van der Waals surface area contributed by atoms with Crippen LogP contribution >= 0.6 is 0 Å². The summed E-state index contributed by atoms with van der Waals surface area (Å²) >= 11 is 0. The van der Waals surface area contributed by atoms with Gasteiger partial charge in [0.05, 0.1) is 0 Å². The predicted octanol–water partition coefficient (Wildman–Crippen LogP) is 2.78. The van der Waals surface area contributed by atoms with Crippen LogP contribution in [0.1, 0.15) is 58.8 Å². The molecule has 0 aliphatic carbocycles. The molecule has 0 radical (unpaired) electrons. The van der Waals surface area contributed by atoms with Crippen LogP contribution in [0.25, 0.3) is 0 Å². The molecule has 16 heavy (non-hydrogen) atoms. The van der Waals surface area contributed by atoms with Gasteiger partial charge in [0.1, 0.15) is 0 Å². The van der Waals surface area contributed by atoms with E-state index in [2.05, 4.69) is 24.1 Å². The highest BCUT2D eigenvalue weighted by molar-refractivity contribution is 4.95. The van der Waals surface area contributed by atoms with Crippen LogP contribution < -0.4 is 5.32 Å². The molecule has 0 spiro atoms. The quantitative estimate of drug-likeness (QED) is 0.698. The first-order valence-corrected chi connectivity index (χ1v) is 7.33. The first-order chi connectivity index (χ1) is 7.83. The summed E-state index contributed by atoms with van der Waals surface area (Å²) in [7, 11) is 0. The maximum absolute atomic E-state index is 3.74. The number of fused-ring (bicyclic) bond motifs is 2. The summed E-state index contributed by atoms with van der Waals surface area (Å²) in [4.78, 5) is 2.74. The fourth-order valence-electron chi connectivity index (χ4n) is 3.49. The molecule has 2 rings (SSSR count). The average molecular weight is 224 g/mol. The summed E-state index contributed by atoms with van der Waals surface area (Å²) in [5.74, 6) is 0. The number of nitrogens with one attached hydrogen (secondary N) is 1. The van der Waals surface area contributed by atoms with E-state index in [-0.39, 0.29) is 0 Å². The third kappa shape index (κ3) is 2.98. The molecular weight excluding hydrogens is 196 g/mol. The van der Waals surface area contributed by atoms with E-state index in [9.17, 15) is 0 Å². The van der Waals surface area contributed by atoms with Crippen LogP contribution in [0.2, 0.25) is 0 Å². The Labute approximate surface area is 101 Å². The maximum atomic E-state index is 3.74. The van der Waals surface area contributed by atoms with Crippen molar-refractivity contribution in [3.63, 3.8) is 0 Å². The fourth-order valence-corrected chi connectivity index (χ4v) is 3.49. The van der Waals surface area contributed by atoms with Crippen molar-refractivity contribution in [1.82, 2.24) is 10.2 Å². The second-order valence-corrected chi connectivity index (χ2v) is 5.60. The van der Waals surface area contributed by atoms with Gasteiger partial charge in [0.2, 0.25) is 0 Å². The van der Waals surface area contributed by atoms with Crippen molar-refractivity contribution in [2.75, 3.05) is 13.1 Å². The van der Waals surface area contributed by atoms with E-state index in [1.54, 1.807) is 0 Å². The Hall–Kier alpha value is -0.0800. The van der Waals surface area contributed by atoms with E-state index in [1.165, 1.54) is 58.0 Å². The van der Waals surface area contributed by atoms with Gasteiger partial charge in [-0.1, -0.05) is 26.7 Å². The van der Waals surface area contributed by atoms with Crippen molar-refractivity contribution >= 4 is 0 Å². The van der Waals surface area contributed by atoms with E-state index in [0.29, 0.717) is 0 Å². The Bertz CT molecular complexity index is 193. The number of piperidine rings is 1. The van der Waals surface area contributed by atoms with Gasteiger partial charge in [0, 0.05) is 18.1 Å². The number of hydrogen-bond acceptors (Lipinski definition) is 2. The second-order valence-electron chi connectivity index (χ2n) is 5.60. The molecule has 2 atom stereocenters. The van der Waals surface area contributed by atoms with Crippen LogP contribution in [0.15, 0.2) is 0 Å². The van der Waals surface area contributed by atoms with Crippen LogP contribution in [-0.4, -0.2) is 36.1 Å². The number of rotatable bonds is 6. The van der Waals surface area contributed by atoms with Crippen molar-refractivity contribution in [2.45, 2.75) is 76.9 Å². The molecule has 0 aromatic heterocycles. The normalized spacial score (nSPS) is 33.6. The smallest absolute Gasteiger partial charge is 0.0125 e. The van der Waals surface area contributed by atoms with E-state index in [4.69, 9.17) is 0 Å². The van der Waals surface area contributed by atoms with E-state index in [1.807, 2.05) is 0 Å². The number of unbranched alkanes of at least 4 members (excludes halogenated alkanes) is 2. The predicted molar refractivity (Wildman–Crippen MR) is 69.7 cm³/mol. The standard InChI is InChI=1S/C14H28N2/c1-3-5-6-9-16(4-2)14-10-12-7-8-13(11-14)15-12/h12-15H,3-11H2,1-2H3. The lowest BCUT2D eigenvalue weighted by molar-refractivity contribution is 0.145. The van der Waals surface area contributed by atoms with Crippen molar-refractivity contribution < 1.29 is 0 Å². The summed E-state index contributed by atoms with van der Waals surface area (Å²) in [6.45, 7) is 7.19. The minimum Gasteiger partial charge on any atom is -0.311 e. The fraction of sp³-hybridized carbons (Fsp3) is 1.00. The first kappa shape index (κ1) is 12.4. The Kier molecular flexibility index (Phi) is 4.66. The summed E-state index contributed by atoms with van der Waals surface area (Å²) in [6.07, 6.45) is 9.78. The summed E-state index contributed by atoms with van der Waals surface area (Å²) in [5.41, 5.74) is 0. The Balaban J connectivity index is 1.79. The molecule has 2 unspecified atom stereocenters. The van der Waals surface area contributed by atoms with Gasteiger partial charge in [0.15, 0.2) is 0 Å². The molecular formula is C14H28N2. The van der Waals surface area contributed by atoms with Gasteiger partial charge in [0.25, 0.3) is 0 Å². The SMILES string of the molecule is CCCCCN(CC)C1CC2CCC(C1)N2. The number of nitrogens with zero attached hydrogens (tertiary/aromatic N) is 1. The Morgan fingerprint density at radius 3 is 2.31 bits per heavy atom. The van der Waals surface area contributed by atoms with Gasteiger partial charge in [-0.2, -0.15) is 0 Å².